The minimum absolute atomic E-state index is 0. The molecule has 3 N–H and O–H groups in total. The molecule has 0 radical (unpaired) electrons. The number of nitrogens with one attached hydrogen (secondary N) is 1. The summed E-state index contributed by atoms with van der Waals surface area (Å²) in [7, 11) is 0. The molecule has 1 rings (SSSR count). The lowest BCUT2D eigenvalue weighted by molar-refractivity contribution is 0.0923. The summed E-state index contributed by atoms with van der Waals surface area (Å²) in [4.78, 5) is 11.0. The maximum Gasteiger partial charge on any atom is 0.301 e. The second kappa shape index (κ2) is 4.89. The molecule has 4 nitrogen and oxygen atoms in total. The molecular formula is C8H13ClN2O2. The Morgan fingerprint density at radius 2 is 2.31 bits per heavy atom. The van der Waals surface area contributed by atoms with Crippen LogP contribution in [0.25, 0.3) is 0 Å². The Bertz CT molecular complexity index is 296. The molecule has 1 amide bonds. The lowest BCUT2D eigenvalue weighted by atomic mass is 10.2. The fourth-order valence-electron chi connectivity index (χ4n) is 1.01. The number of aryl methyl sites for hydroxylation is 2. The van der Waals surface area contributed by atoms with Gasteiger partial charge >= 0.3 is 5.91 Å². The highest BCUT2D eigenvalue weighted by molar-refractivity contribution is 5.92. The molecule has 5 heteroatoms. The minimum Gasteiger partial charge on any atom is -0.456 e. The van der Waals surface area contributed by atoms with Gasteiger partial charge in [0, 0.05) is 12.0 Å². The van der Waals surface area contributed by atoms with E-state index in [1.54, 1.807) is 0 Å². The van der Waals surface area contributed by atoms with Gasteiger partial charge in [-0.05, 0) is 13.0 Å². The van der Waals surface area contributed by atoms with Gasteiger partial charge < -0.3 is 4.42 Å². The third-order valence-corrected chi connectivity index (χ3v) is 1.65. The van der Waals surface area contributed by atoms with Gasteiger partial charge in [0.05, 0.1) is 0 Å². The van der Waals surface area contributed by atoms with Crippen molar-refractivity contribution < 1.29 is 9.21 Å². The van der Waals surface area contributed by atoms with E-state index >= 15 is 0 Å². The summed E-state index contributed by atoms with van der Waals surface area (Å²) in [5.74, 6) is 5.68. The van der Waals surface area contributed by atoms with E-state index in [1.807, 2.05) is 25.3 Å². The molecule has 0 aliphatic rings. The van der Waals surface area contributed by atoms with Gasteiger partial charge in [-0.2, -0.15) is 0 Å². The van der Waals surface area contributed by atoms with Crippen molar-refractivity contribution >= 4 is 18.3 Å². The summed E-state index contributed by atoms with van der Waals surface area (Å²) in [6, 6.07) is 1.84. The highest BCUT2D eigenvalue weighted by Gasteiger charge is 2.13. The summed E-state index contributed by atoms with van der Waals surface area (Å²) in [6.07, 6.45) is 0.776. The average molecular weight is 205 g/mol. The van der Waals surface area contributed by atoms with Crippen LogP contribution >= 0.6 is 12.4 Å². The molecule has 0 aliphatic carbocycles. The lowest BCUT2D eigenvalue weighted by Crippen LogP contribution is -2.30. The van der Waals surface area contributed by atoms with Crippen LogP contribution in [0.5, 0.6) is 0 Å². The fraction of sp³-hybridized carbons (Fsp3) is 0.375. The molecule has 0 spiro atoms. The van der Waals surface area contributed by atoms with E-state index in [0.717, 1.165) is 17.7 Å². The third-order valence-electron chi connectivity index (χ3n) is 1.65. The highest BCUT2D eigenvalue weighted by atomic mass is 35.5. The van der Waals surface area contributed by atoms with Crippen LogP contribution in [0, 0.1) is 6.92 Å². The standard InChI is InChI=1S/C8H12N2O2.ClH/c1-3-6-4-5(2)7(12-6)8(11)10-9;/h4H,3,9H2,1-2H3,(H,10,11);1H. The molecule has 0 saturated heterocycles. The van der Waals surface area contributed by atoms with Crippen LogP contribution < -0.4 is 11.3 Å². The number of nitrogen functional groups attached to an aromatic ring is 1. The molecule has 0 fully saturated rings. The summed E-state index contributed by atoms with van der Waals surface area (Å²) < 4.78 is 5.22. The van der Waals surface area contributed by atoms with Crippen LogP contribution in [-0.2, 0) is 6.42 Å². The van der Waals surface area contributed by atoms with Crippen LogP contribution in [0.1, 0.15) is 28.8 Å². The maximum absolute atomic E-state index is 11.0. The van der Waals surface area contributed by atoms with Crippen molar-refractivity contribution in [3.05, 3.63) is 23.2 Å². The zero-order valence-corrected chi connectivity index (χ0v) is 8.40. The zero-order valence-electron chi connectivity index (χ0n) is 7.59. The van der Waals surface area contributed by atoms with Gasteiger partial charge in [0.1, 0.15) is 5.76 Å². The van der Waals surface area contributed by atoms with E-state index < -0.39 is 0 Å². The van der Waals surface area contributed by atoms with Crippen LogP contribution in [0.4, 0.5) is 0 Å². The topological polar surface area (TPSA) is 68.3 Å². The minimum atomic E-state index is -0.382. The predicted molar refractivity (Wildman–Crippen MR) is 51.7 cm³/mol. The number of carbonyl (C=O) groups is 1. The molecule has 74 valence electrons. The van der Waals surface area contributed by atoms with E-state index in [1.165, 1.54) is 0 Å². The van der Waals surface area contributed by atoms with Crippen molar-refractivity contribution in [1.29, 1.82) is 0 Å². The maximum atomic E-state index is 11.0. The number of hydrazine groups is 1. The molecular weight excluding hydrogens is 192 g/mol. The van der Waals surface area contributed by atoms with Crippen LogP contribution in [0.15, 0.2) is 10.5 Å². The Morgan fingerprint density at radius 3 is 2.69 bits per heavy atom. The number of carbonyl (C=O) groups excluding carboxylic acids is 1. The third kappa shape index (κ3) is 2.47. The van der Waals surface area contributed by atoms with Gasteiger partial charge in [0.15, 0.2) is 5.76 Å². The first-order valence-corrected chi connectivity index (χ1v) is 3.79. The van der Waals surface area contributed by atoms with Crippen molar-refractivity contribution in [2.75, 3.05) is 0 Å². The Kier molecular flexibility index (Phi) is 4.51. The fourth-order valence-corrected chi connectivity index (χ4v) is 1.01. The van der Waals surface area contributed by atoms with E-state index in [-0.39, 0.29) is 18.3 Å². The Balaban J connectivity index is 0.00000144. The van der Waals surface area contributed by atoms with Gasteiger partial charge in [0.25, 0.3) is 0 Å². The first-order chi connectivity index (χ1) is 5.69. The number of rotatable bonds is 2. The number of furan rings is 1. The van der Waals surface area contributed by atoms with Gasteiger partial charge in [-0.25, -0.2) is 5.84 Å². The second-order valence-corrected chi connectivity index (χ2v) is 2.55. The van der Waals surface area contributed by atoms with E-state index in [4.69, 9.17) is 10.3 Å². The SMILES string of the molecule is CCc1cc(C)c(C(=O)NN)o1.Cl. The normalized spacial score (nSPS) is 9.15. The first kappa shape index (κ1) is 12.0. The van der Waals surface area contributed by atoms with Crippen molar-refractivity contribution in [3.63, 3.8) is 0 Å². The zero-order chi connectivity index (χ0) is 9.14. The van der Waals surface area contributed by atoms with Gasteiger partial charge in [-0.1, -0.05) is 6.92 Å². The largest absolute Gasteiger partial charge is 0.456 e. The number of halogens is 1. The van der Waals surface area contributed by atoms with Crippen molar-refractivity contribution in [2.24, 2.45) is 5.84 Å². The molecule has 1 aromatic heterocycles. The van der Waals surface area contributed by atoms with Crippen molar-refractivity contribution in [3.8, 4) is 0 Å². The van der Waals surface area contributed by atoms with Crippen LogP contribution in [-0.4, -0.2) is 5.91 Å². The quantitative estimate of drug-likeness (QED) is 0.432. The molecule has 0 unspecified atom stereocenters. The number of hydrogen-bond donors (Lipinski definition) is 2. The molecule has 1 heterocycles. The summed E-state index contributed by atoms with van der Waals surface area (Å²) in [6.45, 7) is 3.77. The Morgan fingerprint density at radius 1 is 1.69 bits per heavy atom. The molecule has 1 aromatic rings. The summed E-state index contributed by atoms with van der Waals surface area (Å²) in [5, 5.41) is 0. The van der Waals surface area contributed by atoms with Crippen molar-refractivity contribution in [2.45, 2.75) is 20.3 Å². The predicted octanol–water partition coefficient (Wildman–Crippen LogP) is 1.18. The summed E-state index contributed by atoms with van der Waals surface area (Å²) in [5.41, 5.74) is 2.84. The number of amides is 1. The number of hydrogen-bond acceptors (Lipinski definition) is 3. The van der Waals surface area contributed by atoms with Crippen molar-refractivity contribution in [1.82, 2.24) is 5.43 Å². The highest BCUT2D eigenvalue weighted by Crippen LogP contribution is 2.14. The van der Waals surface area contributed by atoms with Gasteiger partial charge in [-0.3, -0.25) is 10.2 Å². The summed E-state index contributed by atoms with van der Waals surface area (Å²) >= 11 is 0. The Hall–Kier alpha value is -1.00. The molecule has 0 aromatic carbocycles. The molecule has 0 saturated carbocycles. The Labute approximate surface area is 82.9 Å². The molecule has 13 heavy (non-hydrogen) atoms. The smallest absolute Gasteiger partial charge is 0.301 e. The first-order valence-electron chi connectivity index (χ1n) is 3.79. The van der Waals surface area contributed by atoms with E-state index in [2.05, 4.69) is 0 Å². The van der Waals surface area contributed by atoms with Gasteiger partial charge in [0.2, 0.25) is 0 Å². The van der Waals surface area contributed by atoms with Crippen LogP contribution in [0.2, 0.25) is 0 Å². The average Bonchev–Trinajstić information content (AvgIpc) is 2.45. The second-order valence-electron chi connectivity index (χ2n) is 2.55. The lowest BCUT2D eigenvalue weighted by Gasteiger charge is -1.94. The molecule has 0 aliphatic heterocycles. The van der Waals surface area contributed by atoms with Crippen LogP contribution in [0.3, 0.4) is 0 Å². The number of nitrogens with two attached hydrogens (primary N) is 1. The van der Waals surface area contributed by atoms with Gasteiger partial charge in [-0.15, -0.1) is 12.4 Å². The van der Waals surface area contributed by atoms with E-state index in [9.17, 15) is 4.79 Å². The molecule has 0 atom stereocenters. The molecule has 0 bridgehead atoms. The monoisotopic (exact) mass is 204 g/mol. The van der Waals surface area contributed by atoms with E-state index in [0.29, 0.717) is 5.76 Å².